The van der Waals surface area contributed by atoms with Crippen LogP contribution in [0.1, 0.15) is 38.2 Å². The van der Waals surface area contributed by atoms with Crippen LogP contribution in [0.5, 0.6) is 5.75 Å². The molecular formula is C12H15NO3. The Balaban J connectivity index is 2.30. The van der Waals surface area contributed by atoms with Crippen molar-refractivity contribution in [2.24, 2.45) is 0 Å². The van der Waals surface area contributed by atoms with Gasteiger partial charge in [-0.3, -0.25) is 10.1 Å². The van der Waals surface area contributed by atoms with E-state index < -0.39 is 0 Å². The quantitative estimate of drug-likeness (QED) is 0.579. The summed E-state index contributed by atoms with van der Waals surface area (Å²) in [7, 11) is 0. The molecule has 0 atom stereocenters. The van der Waals surface area contributed by atoms with Gasteiger partial charge in [-0.15, -0.1) is 0 Å². The summed E-state index contributed by atoms with van der Waals surface area (Å²) in [5.74, 6) is 0.758. The molecule has 1 aliphatic carbocycles. The average molecular weight is 221 g/mol. The minimum absolute atomic E-state index is 0.148. The van der Waals surface area contributed by atoms with Gasteiger partial charge in [0.15, 0.2) is 0 Å². The summed E-state index contributed by atoms with van der Waals surface area (Å²) in [5, 5.41) is 10.9. The van der Waals surface area contributed by atoms with Crippen LogP contribution in [0, 0.1) is 10.1 Å². The van der Waals surface area contributed by atoms with Crippen molar-refractivity contribution in [1.29, 1.82) is 0 Å². The molecule has 0 saturated heterocycles. The number of ether oxygens (including phenoxy) is 1. The molecule has 0 bridgehead atoms. The maximum atomic E-state index is 10.9. The van der Waals surface area contributed by atoms with Crippen molar-refractivity contribution in [2.45, 2.75) is 38.7 Å². The molecule has 1 fully saturated rings. The first-order valence-corrected chi connectivity index (χ1v) is 5.53. The van der Waals surface area contributed by atoms with Crippen LogP contribution in [0.2, 0.25) is 0 Å². The van der Waals surface area contributed by atoms with E-state index in [1.807, 2.05) is 19.9 Å². The van der Waals surface area contributed by atoms with E-state index in [1.165, 1.54) is 6.07 Å². The number of benzene rings is 1. The Morgan fingerprint density at radius 3 is 2.62 bits per heavy atom. The molecule has 0 heterocycles. The van der Waals surface area contributed by atoms with Crippen molar-refractivity contribution in [3.05, 3.63) is 33.9 Å². The van der Waals surface area contributed by atoms with Gasteiger partial charge in [-0.1, -0.05) is 13.8 Å². The fraction of sp³-hybridized carbons (Fsp3) is 0.500. The lowest BCUT2D eigenvalue weighted by Gasteiger charge is -2.09. The van der Waals surface area contributed by atoms with Gasteiger partial charge < -0.3 is 4.74 Å². The lowest BCUT2D eigenvalue weighted by atomic mass is 10.0. The van der Waals surface area contributed by atoms with Gasteiger partial charge in [0, 0.05) is 5.56 Å². The SMILES string of the molecule is CC(C)c1ccc(OC2CC2)cc1[N+](=O)[O-]. The monoisotopic (exact) mass is 221 g/mol. The van der Waals surface area contributed by atoms with Gasteiger partial charge in [0.1, 0.15) is 5.75 Å². The fourth-order valence-corrected chi connectivity index (χ4v) is 1.62. The molecule has 1 aromatic carbocycles. The molecule has 0 aromatic heterocycles. The molecule has 0 aliphatic heterocycles. The van der Waals surface area contributed by atoms with E-state index in [0.29, 0.717) is 5.75 Å². The Hall–Kier alpha value is -1.58. The van der Waals surface area contributed by atoms with Crippen LogP contribution < -0.4 is 4.74 Å². The van der Waals surface area contributed by atoms with Gasteiger partial charge in [-0.05, 0) is 30.9 Å². The molecule has 0 radical (unpaired) electrons. The Morgan fingerprint density at radius 1 is 1.44 bits per heavy atom. The molecule has 4 nitrogen and oxygen atoms in total. The van der Waals surface area contributed by atoms with E-state index in [4.69, 9.17) is 4.74 Å². The Morgan fingerprint density at radius 2 is 2.12 bits per heavy atom. The van der Waals surface area contributed by atoms with Crippen LogP contribution in [0.25, 0.3) is 0 Å². The molecule has 16 heavy (non-hydrogen) atoms. The molecule has 0 spiro atoms. The highest BCUT2D eigenvalue weighted by Gasteiger charge is 2.25. The number of hydrogen-bond acceptors (Lipinski definition) is 3. The van der Waals surface area contributed by atoms with Crippen molar-refractivity contribution in [3.8, 4) is 5.75 Å². The second-order valence-corrected chi connectivity index (χ2v) is 4.45. The lowest BCUT2D eigenvalue weighted by Crippen LogP contribution is -2.00. The highest BCUT2D eigenvalue weighted by Crippen LogP contribution is 2.33. The summed E-state index contributed by atoms with van der Waals surface area (Å²) < 4.78 is 5.55. The van der Waals surface area contributed by atoms with Crippen molar-refractivity contribution >= 4 is 5.69 Å². The first-order valence-electron chi connectivity index (χ1n) is 5.53. The summed E-state index contributed by atoms with van der Waals surface area (Å²) in [5.41, 5.74) is 0.918. The van der Waals surface area contributed by atoms with Crippen LogP contribution in [0.4, 0.5) is 5.69 Å². The van der Waals surface area contributed by atoms with E-state index in [0.717, 1.165) is 18.4 Å². The average Bonchev–Trinajstić information content (AvgIpc) is 3.01. The molecule has 2 rings (SSSR count). The Bertz CT molecular complexity index is 411. The zero-order chi connectivity index (χ0) is 11.7. The third-order valence-electron chi connectivity index (χ3n) is 2.65. The summed E-state index contributed by atoms with van der Waals surface area (Å²) in [6.45, 7) is 3.90. The third kappa shape index (κ3) is 2.32. The summed E-state index contributed by atoms with van der Waals surface area (Å²) in [6, 6.07) is 5.15. The first-order chi connectivity index (χ1) is 7.58. The predicted molar refractivity (Wildman–Crippen MR) is 60.8 cm³/mol. The number of nitro groups is 1. The molecule has 1 saturated carbocycles. The fourth-order valence-electron chi connectivity index (χ4n) is 1.62. The van der Waals surface area contributed by atoms with Gasteiger partial charge in [0.05, 0.1) is 17.1 Å². The van der Waals surface area contributed by atoms with Crippen LogP contribution in [0.3, 0.4) is 0 Å². The van der Waals surface area contributed by atoms with Crippen LogP contribution in [0.15, 0.2) is 18.2 Å². The predicted octanol–water partition coefficient (Wildman–Crippen LogP) is 3.26. The zero-order valence-corrected chi connectivity index (χ0v) is 9.47. The van der Waals surface area contributed by atoms with E-state index in [1.54, 1.807) is 6.07 Å². The van der Waals surface area contributed by atoms with Crippen LogP contribution >= 0.6 is 0 Å². The second-order valence-electron chi connectivity index (χ2n) is 4.45. The minimum atomic E-state index is -0.338. The van der Waals surface area contributed by atoms with Crippen LogP contribution in [-0.4, -0.2) is 11.0 Å². The molecule has 1 aromatic rings. The normalized spacial score (nSPS) is 15.2. The lowest BCUT2D eigenvalue weighted by molar-refractivity contribution is -0.385. The standard InChI is InChI=1S/C12H15NO3/c1-8(2)11-6-5-10(16-9-3-4-9)7-12(11)13(14)15/h5-9H,3-4H2,1-2H3. The smallest absolute Gasteiger partial charge is 0.276 e. The van der Waals surface area contributed by atoms with Crippen molar-refractivity contribution in [2.75, 3.05) is 0 Å². The Kier molecular flexibility index (Phi) is 2.81. The molecule has 0 amide bonds. The van der Waals surface area contributed by atoms with Gasteiger partial charge in [-0.25, -0.2) is 0 Å². The maximum Gasteiger partial charge on any atom is 0.276 e. The van der Waals surface area contributed by atoms with Gasteiger partial charge in [0.2, 0.25) is 0 Å². The topological polar surface area (TPSA) is 52.4 Å². The molecule has 86 valence electrons. The molecular weight excluding hydrogens is 206 g/mol. The van der Waals surface area contributed by atoms with Crippen molar-refractivity contribution in [1.82, 2.24) is 0 Å². The van der Waals surface area contributed by atoms with E-state index in [2.05, 4.69) is 0 Å². The van der Waals surface area contributed by atoms with Crippen molar-refractivity contribution < 1.29 is 9.66 Å². The molecule has 1 aliphatic rings. The summed E-state index contributed by atoms with van der Waals surface area (Å²) in [6.07, 6.45) is 2.38. The highest BCUT2D eigenvalue weighted by atomic mass is 16.6. The zero-order valence-electron chi connectivity index (χ0n) is 9.47. The largest absolute Gasteiger partial charge is 0.490 e. The van der Waals surface area contributed by atoms with Gasteiger partial charge in [0.25, 0.3) is 5.69 Å². The maximum absolute atomic E-state index is 10.9. The second kappa shape index (κ2) is 4.12. The molecule has 0 N–H and O–H groups in total. The Labute approximate surface area is 94.4 Å². The van der Waals surface area contributed by atoms with Gasteiger partial charge >= 0.3 is 0 Å². The first kappa shape index (κ1) is 10.9. The number of nitro benzene ring substituents is 1. The van der Waals surface area contributed by atoms with E-state index in [9.17, 15) is 10.1 Å². The van der Waals surface area contributed by atoms with Crippen molar-refractivity contribution in [3.63, 3.8) is 0 Å². The van der Waals surface area contributed by atoms with Gasteiger partial charge in [-0.2, -0.15) is 0 Å². The highest BCUT2D eigenvalue weighted by molar-refractivity contribution is 5.47. The number of nitrogens with zero attached hydrogens (tertiary/aromatic N) is 1. The minimum Gasteiger partial charge on any atom is -0.490 e. The third-order valence-corrected chi connectivity index (χ3v) is 2.65. The molecule has 0 unspecified atom stereocenters. The van der Waals surface area contributed by atoms with E-state index in [-0.39, 0.29) is 22.6 Å². The number of hydrogen-bond donors (Lipinski definition) is 0. The summed E-state index contributed by atoms with van der Waals surface area (Å²) in [4.78, 5) is 10.6. The van der Waals surface area contributed by atoms with Crippen LogP contribution in [-0.2, 0) is 0 Å². The van der Waals surface area contributed by atoms with E-state index >= 15 is 0 Å². The summed E-state index contributed by atoms with van der Waals surface area (Å²) >= 11 is 0. The number of rotatable bonds is 4. The molecule has 4 heteroatoms.